The number of aromatic amines is 1. The molecule has 31 heavy (non-hydrogen) atoms. The number of H-pyrrole nitrogens is 1. The zero-order valence-electron chi connectivity index (χ0n) is 16.3. The second-order valence-electron chi connectivity index (χ2n) is 7.13. The topological polar surface area (TPSA) is 83.8 Å². The van der Waals surface area contributed by atoms with E-state index in [4.69, 9.17) is 28.9 Å². The summed E-state index contributed by atoms with van der Waals surface area (Å²) < 4.78 is 13.3. The molecule has 158 valence electrons. The Kier molecular flexibility index (Phi) is 6.23. The Balaban J connectivity index is 1.63. The van der Waals surface area contributed by atoms with Crippen molar-refractivity contribution in [2.24, 2.45) is 5.73 Å². The Hall–Kier alpha value is -2.93. The van der Waals surface area contributed by atoms with E-state index in [-0.39, 0.29) is 11.7 Å². The molecule has 1 unspecified atom stereocenters. The van der Waals surface area contributed by atoms with Crippen molar-refractivity contribution in [2.75, 3.05) is 11.9 Å². The van der Waals surface area contributed by atoms with Gasteiger partial charge in [-0.2, -0.15) is 5.10 Å². The fraction of sp³-hybridized carbons (Fsp3) is 0.130. The molecule has 0 saturated heterocycles. The summed E-state index contributed by atoms with van der Waals surface area (Å²) in [6, 6.07) is 16.7. The molecule has 0 fully saturated rings. The van der Waals surface area contributed by atoms with Crippen LogP contribution < -0.4 is 11.1 Å². The lowest BCUT2D eigenvalue weighted by atomic mass is 9.94. The Morgan fingerprint density at radius 2 is 1.84 bits per heavy atom. The largest absolute Gasteiger partial charge is 0.330 e. The Bertz CT molecular complexity index is 1240. The third-order valence-electron chi connectivity index (χ3n) is 5.07. The minimum Gasteiger partial charge on any atom is -0.330 e. The molecule has 0 aliphatic heterocycles. The first-order valence-electron chi connectivity index (χ1n) is 9.66. The zero-order chi connectivity index (χ0) is 22.0. The van der Waals surface area contributed by atoms with Crippen LogP contribution in [-0.4, -0.2) is 22.6 Å². The van der Waals surface area contributed by atoms with Gasteiger partial charge in [0, 0.05) is 16.6 Å². The van der Waals surface area contributed by atoms with Crippen molar-refractivity contribution in [2.45, 2.75) is 12.3 Å². The van der Waals surface area contributed by atoms with Crippen molar-refractivity contribution in [1.82, 2.24) is 10.2 Å². The van der Waals surface area contributed by atoms with Crippen LogP contribution in [0.15, 0.2) is 60.7 Å². The maximum atomic E-state index is 13.3. The van der Waals surface area contributed by atoms with Crippen molar-refractivity contribution < 1.29 is 9.18 Å². The van der Waals surface area contributed by atoms with Gasteiger partial charge in [-0.25, -0.2) is 4.39 Å². The first-order chi connectivity index (χ1) is 15.0. The molecule has 0 aliphatic rings. The van der Waals surface area contributed by atoms with Crippen LogP contribution in [0.5, 0.6) is 0 Å². The highest BCUT2D eigenvalue weighted by Gasteiger charge is 2.21. The SMILES string of the molecule is NCCC(C(=O)Nc1ccc2[nH]nc(-c3ccc(F)cc3)c2c1)c1ccc(Cl)c(Cl)c1. The van der Waals surface area contributed by atoms with Crippen LogP contribution in [0.25, 0.3) is 22.2 Å². The molecule has 4 aromatic rings. The highest BCUT2D eigenvalue weighted by Crippen LogP contribution is 2.31. The van der Waals surface area contributed by atoms with Crippen LogP contribution in [0.4, 0.5) is 10.1 Å². The van der Waals surface area contributed by atoms with E-state index in [9.17, 15) is 9.18 Å². The number of carbonyl (C=O) groups is 1. The number of fused-ring (bicyclic) bond motifs is 1. The first-order valence-corrected chi connectivity index (χ1v) is 10.4. The summed E-state index contributed by atoms with van der Waals surface area (Å²) >= 11 is 12.1. The molecule has 1 amide bonds. The molecule has 1 atom stereocenters. The smallest absolute Gasteiger partial charge is 0.231 e. The van der Waals surface area contributed by atoms with E-state index in [1.165, 1.54) is 12.1 Å². The average Bonchev–Trinajstić information content (AvgIpc) is 3.18. The van der Waals surface area contributed by atoms with Gasteiger partial charge in [0.25, 0.3) is 0 Å². The summed E-state index contributed by atoms with van der Waals surface area (Å²) in [7, 11) is 0. The van der Waals surface area contributed by atoms with E-state index in [0.29, 0.717) is 34.4 Å². The van der Waals surface area contributed by atoms with Crippen LogP contribution in [0.2, 0.25) is 10.0 Å². The molecule has 0 spiro atoms. The average molecular weight is 457 g/mol. The number of amides is 1. The third-order valence-corrected chi connectivity index (χ3v) is 5.80. The van der Waals surface area contributed by atoms with Crippen molar-refractivity contribution in [3.8, 4) is 11.3 Å². The maximum absolute atomic E-state index is 13.3. The molecular formula is C23H19Cl2FN4O. The standard InChI is InChI=1S/C23H19Cl2FN4O/c24-19-7-3-14(11-20(19)25)17(9-10-27)23(31)28-16-6-8-21-18(12-16)22(30-29-21)13-1-4-15(26)5-2-13/h1-8,11-12,17H,9-10,27H2,(H,28,31)(H,29,30). The second kappa shape index (κ2) is 9.06. The molecule has 1 aromatic heterocycles. The molecule has 0 bridgehead atoms. The first kappa shape index (κ1) is 21.3. The van der Waals surface area contributed by atoms with E-state index in [1.54, 1.807) is 36.4 Å². The van der Waals surface area contributed by atoms with Crippen LogP contribution >= 0.6 is 23.2 Å². The summed E-state index contributed by atoms with van der Waals surface area (Å²) in [4.78, 5) is 13.1. The van der Waals surface area contributed by atoms with Gasteiger partial charge in [-0.3, -0.25) is 9.89 Å². The predicted molar refractivity (Wildman–Crippen MR) is 123 cm³/mol. The summed E-state index contributed by atoms with van der Waals surface area (Å²) in [5, 5.41) is 11.9. The van der Waals surface area contributed by atoms with Crippen LogP contribution in [-0.2, 0) is 4.79 Å². The lowest BCUT2D eigenvalue weighted by Gasteiger charge is -2.17. The van der Waals surface area contributed by atoms with Crippen molar-refractivity contribution in [3.05, 3.63) is 82.1 Å². The molecule has 0 saturated carbocycles. The monoisotopic (exact) mass is 456 g/mol. The zero-order valence-corrected chi connectivity index (χ0v) is 17.8. The molecule has 0 radical (unpaired) electrons. The molecule has 8 heteroatoms. The fourth-order valence-corrected chi connectivity index (χ4v) is 3.80. The number of carbonyl (C=O) groups excluding carboxylic acids is 1. The van der Waals surface area contributed by atoms with Gasteiger partial charge < -0.3 is 11.1 Å². The quantitative estimate of drug-likeness (QED) is 0.345. The molecule has 1 heterocycles. The van der Waals surface area contributed by atoms with E-state index < -0.39 is 5.92 Å². The maximum Gasteiger partial charge on any atom is 0.231 e. The lowest BCUT2D eigenvalue weighted by molar-refractivity contribution is -0.117. The number of hydrogen-bond donors (Lipinski definition) is 3. The van der Waals surface area contributed by atoms with Gasteiger partial charge in [-0.15, -0.1) is 0 Å². The number of nitrogens with zero attached hydrogens (tertiary/aromatic N) is 1. The molecular weight excluding hydrogens is 438 g/mol. The highest BCUT2D eigenvalue weighted by molar-refractivity contribution is 6.42. The molecule has 0 aliphatic carbocycles. The summed E-state index contributed by atoms with van der Waals surface area (Å²) in [6.45, 7) is 0.341. The van der Waals surface area contributed by atoms with E-state index in [1.807, 2.05) is 12.1 Å². The second-order valence-corrected chi connectivity index (χ2v) is 7.95. The Morgan fingerprint density at radius 3 is 2.55 bits per heavy atom. The van der Waals surface area contributed by atoms with Gasteiger partial charge in [0.15, 0.2) is 0 Å². The number of halogens is 3. The number of nitrogens with two attached hydrogens (primary N) is 1. The van der Waals surface area contributed by atoms with E-state index in [2.05, 4.69) is 15.5 Å². The lowest BCUT2D eigenvalue weighted by Crippen LogP contribution is -2.23. The van der Waals surface area contributed by atoms with E-state index in [0.717, 1.165) is 22.0 Å². The summed E-state index contributed by atoms with van der Waals surface area (Å²) in [5.74, 6) is -0.990. The van der Waals surface area contributed by atoms with Crippen molar-refractivity contribution in [3.63, 3.8) is 0 Å². The third kappa shape index (κ3) is 4.56. The van der Waals surface area contributed by atoms with Gasteiger partial charge in [-0.1, -0.05) is 29.3 Å². The van der Waals surface area contributed by atoms with Gasteiger partial charge in [0.1, 0.15) is 5.82 Å². The van der Waals surface area contributed by atoms with E-state index >= 15 is 0 Å². The van der Waals surface area contributed by atoms with Crippen LogP contribution in [0, 0.1) is 5.82 Å². The number of benzene rings is 3. The molecule has 3 aromatic carbocycles. The van der Waals surface area contributed by atoms with Crippen molar-refractivity contribution in [1.29, 1.82) is 0 Å². The van der Waals surface area contributed by atoms with Crippen molar-refractivity contribution >= 4 is 45.7 Å². The number of anilines is 1. The number of hydrogen-bond acceptors (Lipinski definition) is 3. The normalized spacial score (nSPS) is 12.1. The number of aromatic nitrogens is 2. The number of nitrogens with one attached hydrogen (secondary N) is 2. The molecule has 4 rings (SSSR count). The molecule has 4 N–H and O–H groups in total. The minimum absolute atomic E-state index is 0.199. The predicted octanol–water partition coefficient (Wildman–Crippen LogP) is 5.75. The summed E-state index contributed by atoms with van der Waals surface area (Å²) in [5.41, 5.74) is 9.35. The van der Waals surface area contributed by atoms with Gasteiger partial charge in [-0.05, 0) is 73.1 Å². The fourth-order valence-electron chi connectivity index (χ4n) is 3.49. The van der Waals surface area contributed by atoms with Gasteiger partial charge >= 0.3 is 0 Å². The van der Waals surface area contributed by atoms with Crippen LogP contribution in [0.1, 0.15) is 17.9 Å². The Morgan fingerprint density at radius 1 is 1.06 bits per heavy atom. The minimum atomic E-state index is -0.476. The highest BCUT2D eigenvalue weighted by atomic mass is 35.5. The van der Waals surface area contributed by atoms with Crippen LogP contribution in [0.3, 0.4) is 0 Å². The van der Waals surface area contributed by atoms with Gasteiger partial charge in [0.2, 0.25) is 5.91 Å². The molecule has 5 nitrogen and oxygen atoms in total. The van der Waals surface area contributed by atoms with Gasteiger partial charge in [0.05, 0.1) is 27.2 Å². The summed E-state index contributed by atoms with van der Waals surface area (Å²) in [6.07, 6.45) is 0.457. The Labute approximate surface area is 188 Å². The number of rotatable bonds is 6.